The predicted molar refractivity (Wildman–Crippen MR) is 99.2 cm³/mol. The van der Waals surface area contributed by atoms with Crippen LogP contribution in [-0.2, 0) is 4.79 Å². The minimum atomic E-state index is -0.138. The summed E-state index contributed by atoms with van der Waals surface area (Å²) in [7, 11) is 0. The van der Waals surface area contributed by atoms with Crippen molar-refractivity contribution in [3.8, 4) is 5.75 Å². The fourth-order valence-electron chi connectivity index (χ4n) is 3.43. The lowest BCUT2D eigenvalue weighted by Crippen LogP contribution is -2.34. The van der Waals surface area contributed by atoms with E-state index in [2.05, 4.69) is 20.8 Å². The molecule has 1 unspecified atom stereocenters. The smallest absolute Gasteiger partial charge is 0.241 e. The molecule has 6 heteroatoms. The third-order valence-electron chi connectivity index (χ3n) is 4.80. The summed E-state index contributed by atoms with van der Waals surface area (Å²) < 4.78 is 6.06. The molecule has 2 aromatic rings. The first-order chi connectivity index (χ1) is 12.8. The Morgan fingerprint density at radius 1 is 1.04 bits per heavy atom. The van der Waals surface area contributed by atoms with Crippen molar-refractivity contribution in [3.05, 3.63) is 59.9 Å². The normalized spacial score (nSPS) is 21.0. The van der Waals surface area contributed by atoms with Gasteiger partial charge in [0.05, 0.1) is 11.6 Å². The van der Waals surface area contributed by atoms with Crippen molar-refractivity contribution < 1.29 is 9.53 Å². The molecule has 1 amide bonds. The Morgan fingerprint density at radius 2 is 1.85 bits per heavy atom. The second kappa shape index (κ2) is 7.66. The molecule has 2 N–H and O–H groups in total. The number of hydrazone groups is 1. The molecule has 0 spiro atoms. The van der Waals surface area contributed by atoms with Crippen molar-refractivity contribution in [2.24, 2.45) is 5.10 Å². The number of hydrogen-bond donors (Lipinski definition) is 2. The van der Waals surface area contributed by atoms with Crippen molar-refractivity contribution in [3.63, 3.8) is 0 Å². The molecular formula is C20H22N4O2. The highest BCUT2D eigenvalue weighted by Gasteiger charge is 2.28. The number of benzene rings is 1. The van der Waals surface area contributed by atoms with E-state index in [1.807, 2.05) is 42.5 Å². The van der Waals surface area contributed by atoms with Crippen LogP contribution in [0.3, 0.4) is 0 Å². The third-order valence-corrected chi connectivity index (χ3v) is 4.80. The molecule has 6 nitrogen and oxygen atoms in total. The first-order valence-electron chi connectivity index (χ1n) is 9.05. The van der Waals surface area contributed by atoms with Gasteiger partial charge in [0.25, 0.3) is 0 Å². The highest BCUT2D eigenvalue weighted by atomic mass is 16.5. The molecule has 4 rings (SSSR count). The Bertz CT molecular complexity index is 783. The Balaban J connectivity index is 1.54. The zero-order valence-electron chi connectivity index (χ0n) is 14.5. The molecule has 0 saturated carbocycles. The van der Waals surface area contributed by atoms with Gasteiger partial charge in [-0.2, -0.15) is 5.10 Å². The van der Waals surface area contributed by atoms with E-state index in [0.717, 1.165) is 48.6 Å². The summed E-state index contributed by atoms with van der Waals surface area (Å²) in [5.41, 5.74) is 5.25. The number of pyridine rings is 1. The second-order valence-electron chi connectivity index (χ2n) is 6.63. The lowest BCUT2D eigenvalue weighted by atomic mass is 9.89. The van der Waals surface area contributed by atoms with Crippen LogP contribution in [0.15, 0.2) is 53.8 Å². The van der Waals surface area contributed by atoms with Crippen LogP contribution in [0.5, 0.6) is 5.75 Å². The molecule has 2 aliphatic heterocycles. The van der Waals surface area contributed by atoms with Crippen LogP contribution in [-0.4, -0.2) is 35.8 Å². The number of nitrogens with one attached hydrogen (secondary N) is 2. The highest BCUT2D eigenvalue weighted by molar-refractivity contribution is 6.08. The average molecular weight is 350 g/mol. The van der Waals surface area contributed by atoms with Crippen molar-refractivity contribution in [1.29, 1.82) is 0 Å². The third kappa shape index (κ3) is 3.75. The zero-order valence-corrected chi connectivity index (χ0v) is 14.5. The topological polar surface area (TPSA) is 75.6 Å². The zero-order chi connectivity index (χ0) is 17.8. The van der Waals surface area contributed by atoms with E-state index < -0.39 is 0 Å². The van der Waals surface area contributed by atoms with E-state index in [0.29, 0.717) is 6.42 Å². The molecule has 1 atom stereocenters. The van der Waals surface area contributed by atoms with Gasteiger partial charge < -0.3 is 10.1 Å². The summed E-state index contributed by atoms with van der Waals surface area (Å²) in [4.78, 5) is 16.2. The van der Waals surface area contributed by atoms with Crippen LogP contribution >= 0.6 is 0 Å². The number of aromatic nitrogens is 1. The van der Waals surface area contributed by atoms with E-state index >= 15 is 0 Å². The van der Waals surface area contributed by atoms with Crippen LogP contribution in [0.4, 0.5) is 0 Å². The summed E-state index contributed by atoms with van der Waals surface area (Å²) in [5.74, 6) is 0.645. The first-order valence-corrected chi connectivity index (χ1v) is 9.05. The maximum atomic E-state index is 11.8. The summed E-state index contributed by atoms with van der Waals surface area (Å²) in [6.07, 6.45) is 4.43. The van der Waals surface area contributed by atoms with E-state index in [1.54, 1.807) is 6.20 Å². The molecule has 26 heavy (non-hydrogen) atoms. The molecule has 1 aromatic heterocycles. The van der Waals surface area contributed by atoms with Crippen molar-refractivity contribution in [1.82, 2.24) is 15.7 Å². The van der Waals surface area contributed by atoms with Gasteiger partial charge in [0.2, 0.25) is 5.91 Å². The fraction of sp³-hybridized carbons (Fsp3) is 0.350. The van der Waals surface area contributed by atoms with Gasteiger partial charge in [-0.3, -0.25) is 9.78 Å². The van der Waals surface area contributed by atoms with Crippen molar-refractivity contribution in [2.45, 2.75) is 31.3 Å². The molecule has 134 valence electrons. The van der Waals surface area contributed by atoms with E-state index in [-0.39, 0.29) is 17.9 Å². The van der Waals surface area contributed by atoms with Gasteiger partial charge in [-0.25, -0.2) is 5.43 Å². The Hall–Kier alpha value is -2.73. The summed E-state index contributed by atoms with van der Waals surface area (Å²) in [6.45, 7) is 2.01. The van der Waals surface area contributed by atoms with Crippen LogP contribution < -0.4 is 15.5 Å². The molecule has 1 fully saturated rings. The largest absolute Gasteiger partial charge is 0.490 e. The summed E-state index contributed by atoms with van der Waals surface area (Å²) in [5, 5.41) is 7.65. The van der Waals surface area contributed by atoms with Crippen LogP contribution in [0.25, 0.3) is 0 Å². The van der Waals surface area contributed by atoms with Gasteiger partial charge in [0.1, 0.15) is 11.9 Å². The second-order valence-corrected chi connectivity index (χ2v) is 6.63. The van der Waals surface area contributed by atoms with Crippen LogP contribution in [0.1, 0.15) is 36.4 Å². The van der Waals surface area contributed by atoms with Gasteiger partial charge in [-0.05, 0) is 67.9 Å². The number of amides is 1. The number of carbonyl (C=O) groups excluding carboxylic acids is 1. The molecule has 1 saturated heterocycles. The highest BCUT2D eigenvalue weighted by Crippen LogP contribution is 2.27. The van der Waals surface area contributed by atoms with E-state index in [9.17, 15) is 4.79 Å². The number of ether oxygens (including phenoxy) is 1. The molecule has 2 aliphatic rings. The minimum absolute atomic E-state index is 0.0877. The maximum absolute atomic E-state index is 11.8. The maximum Gasteiger partial charge on any atom is 0.241 e. The summed E-state index contributed by atoms with van der Waals surface area (Å²) >= 11 is 0. The predicted octanol–water partition coefficient (Wildman–Crippen LogP) is 2.22. The summed E-state index contributed by atoms with van der Waals surface area (Å²) in [6, 6.07) is 13.7. The molecule has 1 aromatic carbocycles. The monoisotopic (exact) mass is 350 g/mol. The first kappa shape index (κ1) is 16.7. The number of nitrogens with zero attached hydrogens (tertiary/aromatic N) is 2. The lowest BCUT2D eigenvalue weighted by molar-refractivity contribution is -0.121. The number of piperidine rings is 1. The van der Waals surface area contributed by atoms with Gasteiger partial charge in [0.15, 0.2) is 0 Å². The molecular weight excluding hydrogens is 328 g/mol. The van der Waals surface area contributed by atoms with E-state index in [1.165, 1.54) is 0 Å². The fourth-order valence-corrected chi connectivity index (χ4v) is 3.43. The van der Waals surface area contributed by atoms with Gasteiger partial charge in [-0.1, -0.05) is 6.07 Å². The Labute approximate surface area is 152 Å². The average Bonchev–Trinajstić information content (AvgIpc) is 2.70. The SMILES string of the molecule is O=C1CC(c2ccccn2)C(c2ccc(OC3CCNCC3)cc2)=NN1. The van der Waals surface area contributed by atoms with Crippen LogP contribution in [0.2, 0.25) is 0 Å². The van der Waals surface area contributed by atoms with Crippen molar-refractivity contribution >= 4 is 11.6 Å². The Kier molecular flexibility index (Phi) is 4.93. The lowest BCUT2D eigenvalue weighted by Gasteiger charge is -2.24. The molecule has 0 aliphatic carbocycles. The van der Waals surface area contributed by atoms with Gasteiger partial charge in [-0.15, -0.1) is 0 Å². The number of hydrogen-bond acceptors (Lipinski definition) is 5. The molecule has 0 bridgehead atoms. The standard InChI is InChI=1S/C20H22N4O2/c25-19-13-17(18-3-1-2-10-22-18)20(24-23-19)14-4-6-15(7-5-14)26-16-8-11-21-12-9-16/h1-7,10,16-17,21H,8-9,11-13H2,(H,23,25). The quantitative estimate of drug-likeness (QED) is 0.887. The molecule has 0 radical (unpaired) electrons. The van der Waals surface area contributed by atoms with Crippen LogP contribution in [0, 0.1) is 0 Å². The van der Waals surface area contributed by atoms with Crippen molar-refractivity contribution in [2.75, 3.05) is 13.1 Å². The van der Waals surface area contributed by atoms with Gasteiger partial charge >= 0.3 is 0 Å². The van der Waals surface area contributed by atoms with E-state index in [4.69, 9.17) is 4.74 Å². The molecule has 3 heterocycles. The van der Waals surface area contributed by atoms with Gasteiger partial charge in [0, 0.05) is 18.3 Å². The Morgan fingerprint density at radius 3 is 2.58 bits per heavy atom. The number of carbonyl (C=O) groups is 1. The minimum Gasteiger partial charge on any atom is -0.490 e. The number of rotatable bonds is 4.